The van der Waals surface area contributed by atoms with Crippen molar-refractivity contribution in [2.24, 2.45) is 5.73 Å². The van der Waals surface area contributed by atoms with E-state index in [0.29, 0.717) is 11.3 Å². The van der Waals surface area contributed by atoms with Gasteiger partial charge in [0.05, 0.1) is 6.04 Å². The number of hydrogen-bond donors (Lipinski definition) is 1. The van der Waals surface area contributed by atoms with Crippen LogP contribution in [0.25, 0.3) is 0 Å². The molecule has 2 aromatic carbocycles. The molecule has 0 aliphatic carbocycles. The largest absolute Gasteiger partial charge is 0.451 e. The zero-order valence-electron chi connectivity index (χ0n) is 12.1. The Morgan fingerprint density at radius 2 is 1.74 bits per heavy atom. The molecule has 1 atom stereocenters. The van der Waals surface area contributed by atoms with Crippen LogP contribution in [0.15, 0.2) is 67.0 Å². The maximum atomic E-state index is 14.7. The molecular formula is C18H14F2N2O. The fourth-order valence-electron chi connectivity index (χ4n) is 2.23. The van der Waals surface area contributed by atoms with Crippen molar-refractivity contribution < 1.29 is 13.5 Å². The van der Waals surface area contributed by atoms with Gasteiger partial charge in [0.2, 0.25) is 0 Å². The fourth-order valence-corrected chi connectivity index (χ4v) is 2.23. The van der Waals surface area contributed by atoms with E-state index in [9.17, 15) is 8.78 Å². The Bertz CT molecular complexity index is 795. The van der Waals surface area contributed by atoms with Gasteiger partial charge in [-0.25, -0.2) is 8.78 Å². The van der Waals surface area contributed by atoms with E-state index in [4.69, 9.17) is 10.5 Å². The highest BCUT2D eigenvalue weighted by Gasteiger charge is 2.21. The molecule has 0 aliphatic rings. The maximum absolute atomic E-state index is 14.7. The molecule has 0 saturated carbocycles. The van der Waals surface area contributed by atoms with Gasteiger partial charge >= 0.3 is 0 Å². The molecule has 1 aromatic heterocycles. The first-order valence-corrected chi connectivity index (χ1v) is 7.03. The highest BCUT2D eigenvalue weighted by Crippen LogP contribution is 2.33. The standard InChI is InChI=1S/C18H14F2N2O/c19-15-9-8-14(17(21)12-5-4-10-22-11-12)16(20)18(15)23-13-6-2-1-3-7-13/h1-11,17H,21H2. The van der Waals surface area contributed by atoms with Gasteiger partial charge in [0.15, 0.2) is 17.4 Å². The highest BCUT2D eigenvalue weighted by molar-refractivity contribution is 5.40. The fraction of sp³-hybridized carbons (Fsp3) is 0.0556. The van der Waals surface area contributed by atoms with Gasteiger partial charge in [-0.15, -0.1) is 0 Å². The first-order chi connectivity index (χ1) is 11.2. The van der Waals surface area contributed by atoms with E-state index in [0.717, 1.165) is 6.07 Å². The van der Waals surface area contributed by atoms with Crippen LogP contribution in [0.2, 0.25) is 0 Å². The summed E-state index contributed by atoms with van der Waals surface area (Å²) in [6.45, 7) is 0. The third-order valence-electron chi connectivity index (χ3n) is 3.42. The van der Waals surface area contributed by atoms with Gasteiger partial charge in [0.1, 0.15) is 5.75 Å². The number of rotatable bonds is 4. The van der Waals surface area contributed by atoms with Crippen molar-refractivity contribution in [3.8, 4) is 11.5 Å². The third-order valence-corrected chi connectivity index (χ3v) is 3.42. The van der Waals surface area contributed by atoms with Gasteiger partial charge in [0, 0.05) is 18.0 Å². The summed E-state index contributed by atoms with van der Waals surface area (Å²) in [7, 11) is 0. The lowest BCUT2D eigenvalue weighted by Crippen LogP contribution is -2.14. The topological polar surface area (TPSA) is 48.1 Å². The first kappa shape index (κ1) is 15.1. The van der Waals surface area contributed by atoms with Crippen molar-refractivity contribution in [1.82, 2.24) is 4.98 Å². The molecule has 0 aliphatic heterocycles. The van der Waals surface area contributed by atoms with Crippen LogP contribution in [0.3, 0.4) is 0 Å². The summed E-state index contributed by atoms with van der Waals surface area (Å²) in [6.07, 6.45) is 3.15. The van der Waals surface area contributed by atoms with Crippen LogP contribution >= 0.6 is 0 Å². The average molecular weight is 312 g/mol. The van der Waals surface area contributed by atoms with E-state index < -0.39 is 23.4 Å². The molecule has 0 amide bonds. The monoisotopic (exact) mass is 312 g/mol. The Hall–Kier alpha value is -2.79. The van der Waals surface area contributed by atoms with Crippen molar-refractivity contribution in [2.45, 2.75) is 6.04 Å². The number of aromatic nitrogens is 1. The predicted molar refractivity (Wildman–Crippen MR) is 83.1 cm³/mol. The number of para-hydroxylation sites is 1. The van der Waals surface area contributed by atoms with Gasteiger partial charge in [-0.05, 0) is 29.8 Å². The highest BCUT2D eigenvalue weighted by atomic mass is 19.1. The Labute approximate surface area is 132 Å². The zero-order valence-corrected chi connectivity index (χ0v) is 12.1. The quantitative estimate of drug-likeness (QED) is 0.785. The number of benzene rings is 2. The van der Waals surface area contributed by atoms with Gasteiger partial charge in [-0.3, -0.25) is 4.98 Å². The molecule has 23 heavy (non-hydrogen) atoms. The second-order valence-electron chi connectivity index (χ2n) is 4.96. The molecule has 3 rings (SSSR count). The molecule has 0 bridgehead atoms. The summed E-state index contributed by atoms with van der Waals surface area (Å²) in [5.41, 5.74) is 6.84. The lowest BCUT2D eigenvalue weighted by Gasteiger charge is -2.16. The van der Waals surface area contributed by atoms with Crippen molar-refractivity contribution in [2.75, 3.05) is 0 Å². The molecular weight excluding hydrogens is 298 g/mol. The summed E-state index contributed by atoms with van der Waals surface area (Å²) in [5, 5.41) is 0. The van der Waals surface area contributed by atoms with Crippen LogP contribution < -0.4 is 10.5 Å². The van der Waals surface area contributed by atoms with E-state index in [2.05, 4.69) is 4.98 Å². The smallest absolute Gasteiger partial charge is 0.198 e. The Kier molecular flexibility index (Phi) is 4.30. The van der Waals surface area contributed by atoms with Crippen molar-refractivity contribution in [3.63, 3.8) is 0 Å². The molecule has 0 radical (unpaired) electrons. The predicted octanol–water partition coefficient (Wildman–Crippen LogP) is 4.20. The van der Waals surface area contributed by atoms with Crippen molar-refractivity contribution in [1.29, 1.82) is 0 Å². The van der Waals surface area contributed by atoms with Crippen molar-refractivity contribution >= 4 is 0 Å². The van der Waals surface area contributed by atoms with Crippen LogP contribution in [-0.4, -0.2) is 4.98 Å². The van der Waals surface area contributed by atoms with Gasteiger partial charge in [-0.2, -0.15) is 0 Å². The molecule has 0 saturated heterocycles. The lowest BCUT2D eigenvalue weighted by molar-refractivity contribution is 0.403. The van der Waals surface area contributed by atoms with Crippen LogP contribution in [0.5, 0.6) is 11.5 Å². The average Bonchev–Trinajstić information content (AvgIpc) is 2.60. The number of nitrogens with zero attached hydrogens (tertiary/aromatic N) is 1. The van der Waals surface area contributed by atoms with E-state index in [-0.39, 0.29) is 5.56 Å². The van der Waals surface area contributed by atoms with Crippen LogP contribution in [0.1, 0.15) is 17.2 Å². The van der Waals surface area contributed by atoms with Crippen LogP contribution in [0.4, 0.5) is 8.78 Å². The minimum Gasteiger partial charge on any atom is -0.451 e. The maximum Gasteiger partial charge on any atom is 0.198 e. The van der Waals surface area contributed by atoms with E-state index in [1.807, 2.05) is 0 Å². The molecule has 3 nitrogen and oxygen atoms in total. The molecule has 5 heteroatoms. The molecule has 1 unspecified atom stereocenters. The molecule has 0 fully saturated rings. The number of pyridine rings is 1. The molecule has 0 spiro atoms. The Morgan fingerprint density at radius 3 is 2.43 bits per heavy atom. The molecule has 116 valence electrons. The SMILES string of the molecule is NC(c1cccnc1)c1ccc(F)c(Oc2ccccc2)c1F. The lowest BCUT2D eigenvalue weighted by atomic mass is 10.00. The van der Waals surface area contributed by atoms with Gasteiger partial charge in [0.25, 0.3) is 0 Å². The van der Waals surface area contributed by atoms with Crippen LogP contribution in [-0.2, 0) is 0 Å². The van der Waals surface area contributed by atoms with E-state index in [1.54, 1.807) is 54.9 Å². The van der Waals surface area contributed by atoms with E-state index >= 15 is 0 Å². The van der Waals surface area contributed by atoms with Crippen LogP contribution in [0, 0.1) is 11.6 Å². The Balaban J connectivity index is 1.99. The summed E-state index contributed by atoms with van der Waals surface area (Å²) in [4.78, 5) is 3.96. The van der Waals surface area contributed by atoms with Crippen molar-refractivity contribution in [3.05, 3.63) is 89.8 Å². The first-order valence-electron chi connectivity index (χ1n) is 7.03. The normalized spacial score (nSPS) is 12.0. The summed E-state index contributed by atoms with van der Waals surface area (Å²) in [5.74, 6) is -1.72. The zero-order chi connectivity index (χ0) is 16.2. The summed E-state index contributed by atoms with van der Waals surface area (Å²) in [6, 6.07) is 13.6. The van der Waals surface area contributed by atoms with E-state index in [1.165, 1.54) is 6.07 Å². The Morgan fingerprint density at radius 1 is 0.957 bits per heavy atom. The minimum atomic E-state index is -0.815. The number of ether oxygens (including phenoxy) is 1. The molecule has 2 N–H and O–H groups in total. The summed E-state index contributed by atoms with van der Waals surface area (Å²) >= 11 is 0. The van der Waals surface area contributed by atoms with Gasteiger partial charge in [-0.1, -0.05) is 30.3 Å². The van der Waals surface area contributed by atoms with Gasteiger partial charge < -0.3 is 10.5 Å². The second kappa shape index (κ2) is 6.54. The number of hydrogen-bond acceptors (Lipinski definition) is 3. The number of halogens is 2. The second-order valence-corrected chi connectivity index (χ2v) is 4.96. The summed E-state index contributed by atoms with van der Waals surface area (Å²) < 4.78 is 34.0. The third kappa shape index (κ3) is 3.19. The molecule has 3 aromatic rings. The minimum absolute atomic E-state index is 0.144. The molecule has 1 heterocycles. The number of nitrogens with two attached hydrogens (primary N) is 1.